The molecule has 204 valence electrons. The number of nitrogens with two attached hydrogens (primary N) is 1. The monoisotopic (exact) mass is 587 g/mol. The van der Waals surface area contributed by atoms with E-state index in [4.69, 9.17) is 33.9 Å². The summed E-state index contributed by atoms with van der Waals surface area (Å²) in [7, 11) is 0. The molecule has 0 bridgehead atoms. The van der Waals surface area contributed by atoms with Crippen molar-refractivity contribution in [2.75, 3.05) is 30.5 Å². The van der Waals surface area contributed by atoms with Crippen LogP contribution in [0, 0.1) is 5.82 Å². The predicted molar refractivity (Wildman–Crippen MR) is 158 cm³/mol. The van der Waals surface area contributed by atoms with Crippen LogP contribution in [-0.2, 0) is 0 Å². The maximum atomic E-state index is 15.0. The number of hydrogen-bond donors (Lipinski definition) is 2. The Labute approximate surface area is 240 Å². The number of nitrogens with one attached hydrogen (secondary N) is 1. The highest BCUT2D eigenvalue weighted by Crippen LogP contribution is 2.30. The number of carbonyl (C=O) groups excluding carboxylic acids is 1. The molecule has 4 rings (SSSR count). The molecule has 7 nitrogen and oxygen atoms in total. The normalized spacial score (nSPS) is 11.9. The van der Waals surface area contributed by atoms with Crippen LogP contribution in [0.25, 0.3) is 10.9 Å². The fourth-order valence-corrected chi connectivity index (χ4v) is 5.09. The number of nitrogens with zero attached hydrogens (tertiary/aromatic N) is 3. The van der Waals surface area contributed by atoms with E-state index in [1.807, 2.05) is 36.6 Å². The maximum absolute atomic E-state index is 15.0. The number of rotatable bonds is 11. The third-order valence-electron chi connectivity index (χ3n) is 6.19. The van der Waals surface area contributed by atoms with Crippen LogP contribution in [-0.4, -0.2) is 45.6 Å². The summed E-state index contributed by atoms with van der Waals surface area (Å²) in [5, 5.41) is 0.629. The average molecular weight is 589 g/mol. The van der Waals surface area contributed by atoms with Gasteiger partial charge in [-0.3, -0.25) is 15.0 Å². The third kappa shape index (κ3) is 6.55. The van der Waals surface area contributed by atoms with Crippen molar-refractivity contribution < 1.29 is 9.18 Å². The van der Waals surface area contributed by atoms with Crippen LogP contribution in [0.2, 0.25) is 10.0 Å². The molecule has 1 amide bonds. The molecule has 0 radical (unpaired) electrons. The predicted octanol–water partition coefficient (Wildman–Crippen LogP) is 6.00. The minimum atomic E-state index is -0.802. The molecule has 0 spiro atoms. The largest absolute Gasteiger partial charge is 0.330 e. The second kappa shape index (κ2) is 13.3. The Balaban J connectivity index is 1.95. The molecule has 0 saturated heterocycles. The van der Waals surface area contributed by atoms with Crippen LogP contribution < -0.4 is 16.7 Å². The molecule has 11 heteroatoms. The van der Waals surface area contributed by atoms with Gasteiger partial charge in [-0.15, -0.1) is 0 Å². The first kappa shape index (κ1) is 28.9. The van der Waals surface area contributed by atoms with Gasteiger partial charge in [-0.25, -0.2) is 14.1 Å². The molecule has 1 heterocycles. The zero-order chi connectivity index (χ0) is 27.9. The zero-order valence-corrected chi connectivity index (χ0v) is 23.6. The van der Waals surface area contributed by atoms with Crippen molar-refractivity contribution in [3.63, 3.8) is 0 Å². The van der Waals surface area contributed by atoms with Gasteiger partial charge in [0.15, 0.2) is 11.6 Å². The van der Waals surface area contributed by atoms with E-state index in [0.717, 1.165) is 0 Å². The molecule has 0 aliphatic carbocycles. The number of benzene rings is 3. The van der Waals surface area contributed by atoms with Gasteiger partial charge in [0.05, 0.1) is 33.2 Å². The number of carbonyl (C=O) groups is 1. The highest BCUT2D eigenvalue weighted by atomic mass is 35.5. The van der Waals surface area contributed by atoms with Crippen molar-refractivity contribution in [2.45, 2.75) is 18.9 Å². The Kier molecular flexibility index (Phi) is 9.85. The van der Waals surface area contributed by atoms with Crippen molar-refractivity contribution in [3.8, 4) is 0 Å². The van der Waals surface area contributed by atoms with Gasteiger partial charge in [0.1, 0.15) is 0 Å². The summed E-state index contributed by atoms with van der Waals surface area (Å²) in [4.78, 5) is 34.1. The first-order valence-corrected chi connectivity index (χ1v) is 14.5. The zero-order valence-electron chi connectivity index (χ0n) is 21.2. The molecule has 3 aromatic carbocycles. The van der Waals surface area contributed by atoms with Crippen molar-refractivity contribution in [1.29, 1.82) is 0 Å². The van der Waals surface area contributed by atoms with Gasteiger partial charge < -0.3 is 10.6 Å². The summed E-state index contributed by atoms with van der Waals surface area (Å²) in [6.07, 6.45) is 2.84. The average Bonchev–Trinajstić information content (AvgIpc) is 2.93. The number of aromatic nitrogens is 2. The molecule has 1 aromatic heterocycles. The van der Waals surface area contributed by atoms with Crippen LogP contribution in [0.4, 0.5) is 10.1 Å². The van der Waals surface area contributed by atoms with Crippen LogP contribution in [0.3, 0.4) is 0 Å². The second-order valence-electron chi connectivity index (χ2n) is 8.79. The summed E-state index contributed by atoms with van der Waals surface area (Å²) in [6.45, 7) is 0.530. The number of hydrogen-bond acceptors (Lipinski definition) is 6. The van der Waals surface area contributed by atoms with Gasteiger partial charge in [0, 0.05) is 11.6 Å². The van der Waals surface area contributed by atoms with E-state index in [2.05, 4.69) is 5.43 Å². The van der Waals surface area contributed by atoms with Gasteiger partial charge >= 0.3 is 0 Å². The lowest BCUT2D eigenvalue weighted by atomic mass is 10.1. The number of fused-ring (bicyclic) bond motifs is 1. The molecule has 39 heavy (non-hydrogen) atoms. The molecule has 1 unspecified atom stereocenters. The summed E-state index contributed by atoms with van der Waals surface area (Å²) in [5.74, 6) is -0.436. The minimum absolute atomic E-state index is 0.151. The van der Waals surface area contributed by atoms with Crippen LogP contribution in [0.15, 0.2) is 71.5 Å². The fourth-order valence-electron chi connectivity index (χ4n) is 4.29. The number of anilines is 1. The van der Waals surface area contributed by atoms with Gasteiger partial charge in [0.25, 0.3) is 11.5 Å². The lowest BCUT2D eigenvalue weighted by Crippen LogP contribution is -2.42. The lowest BCUT2D eigenvalue weighted by Gasteiger charge is -2.33. The van der Waals surface area contributed by atoms with Crippen LogP contribution in [0.5, 0.6) is 0 Å². The number of amides is 1. The van der Waals surface area contributed by atoms with E-state index in [-0.39, 0.29) is 22.7 Å². The molecular formula is C28H28Cl2FN5O2S. The summed E-state index contributed by atoms with van der Waals surface area (Å²) >= 11 is 13.8. The molecular weight excluding hydrogens is 560 g/mol. The Morgan fingerprint density at radius 1 is 1.15 bits per heavy atom. The molecule has 0 aliphatic heterocycles. The first-order chi connectivity index (χ1) is 18.8. The van der Waals surface area contributed by atoms with Crippen molar-refractivity contribution in [2.24, 2.45) is 5.73 Å². The summed E-state index contributed by atoms with van der Waals surface area (Å²) in [6, 6.07) is 17.6. The quantitative estimate of drug-likeness (QED) is 0.223. The van der Waals surface area contributed by atoms with E-state index in [1.165, 1.54) is 27.8 Å². The Bertz CT molecular complexity index is 1520. The topological polar surface area (TPSA) is 93.2 Å². The van der Waals surface area contributed by atoms with E-state index >= 15 is 4.39 Å². The first-order valence-electron chi connectivity index (χ1n) is 12.3. The minimum Gasteiger partial charge on any atom is -0.330 e. The van der Waals surface area contributed by atoms with Crippen LogP contribution in [0.1, 0.15) is 35.1 Å². The van der Waals surface area contributed by atoms with Gasteiger partial charge in [-0.1, -0.05) is 47.5 Å². The highest BCUT2D eigenvalue weighted by molar-refractivity contribution is 7.98. The number of halogens is 3. The standard InChI is InChI=1S/C28H28Cl2FN5O2S/c1-39-16-13-24(35(15-6-14-32)27(37)21-9-5-10-22(30)25(21)31)26-33-23-17-18(29)11-12-20(23)28(38)36(26)34-19-7-3-2-4-8-19/h2-5,7-12,17,24,34H,6,13-16,32H2,1H3. The third-order valence-corrected chi connectivity index (χ3v) is 7.36. The lowest BCUT2D eigenvalue weighted by molar-refractivity contribution is 0.0653. The Morgan fingerprint density at radius 2 is 1.92 bits per heavy atom. The van der Waals surface area contributed by atoms with Crippen molar-refractivity contribution in [1.82, 2.24) is 14.6 Å². The molecule has 1 atom stereocenters. The fraction of sp³-hybridized carbons (Fsp3) is 0.250. The molecule has 0 saturated carbocycles. The van der Waals surface area contributed by atoms with Gasteiger partial charge in [-0.2, -0.15) is 11.8 Å². The Hall–Kier alpha value is -3.11. The Morgan fingerprint density at radius 3 is 2.64 bits per heavy atom. The van der Waals surface area contributed by atoms with Crippen LogP contribution >= 0.6 is 35.0 Å². The molecule has 0 fully saturated rings. The molecule has 4 aromatic rings. The summed E-state index contributed by atoms with van der Waals surface area (Å²) < 4.78 is 16.4. The van der Waals surface area contributed by atoms with E-state index in [1.54, 1.807) is 30.0 Å². The number of para-hydroxylation sites is 1. The smallest absolute Gasteiger partial charge is 0.280 e. The number of thioether (sulfide) groups is 1. The summed E-state index contributed by atoms with van der Waals surface area (Å²) in [5.41, 5.74) is 9.50. The van der Waals surface area contributed by atoms with E-state index < -0.39 is 17.8 Å². The highest BCUT2D eigenvalue weighted by Gasteiger charge is 2.32. The van der Waals surface area contributed by atoms with Crippen molar-refractivity contribution in [3.05, 3.63) is 104 Å². The van der Waals surface area contributed by atoms with Gasteiger partial charge in [0.2, 0.25) is 0 Å². The van der Waals surface area contributed by atoms with Gasteiger partial charge in [-0.05, 0) is 73.9 Å². The van der Waals surface area contributed by atoms with Crippen molar-refractivity contribution >= 4 is 57.5 Å². The maximum Gasteiger partial charge on any atom is 0.280 e. The van der Waals surface area contributed by atoms with E-state index in [0.29, 0.717) is 52.6 Å². The van der Waals surface area contributed by atoms with E-state index in [9.17, 15) is 9.59 Å². The SMILES string of the molecule is CSCCC(c1nc2cc(Cl)ccc2c(=O)n1Nc1ccccc1)N(CCCN)C(=O)c1cccc(Cl)c1F. The second-order valence-corrected chi connectivity index (χ2v) is 10.6. The molecule has 0 aliphatic rings. The molecule has 3 N–H and O–H groups in total.